The predicted molar refractivity (Wildman–Crippen MR) is 256 cm³/mol. The first-order chi connectivity index (χ1) is 32.3. The molecule has 4 aromatic rings. The number of aryl methyl sites for hydroxylation is 1. The van der Waals surface area contributed by atoms with Crippen molar-refractivity contribution in [3.63, 3.8) is 0 Å². The maximum Gasteiger partial charge on any atom is 0.471 e. The lowest BCUT2D eigenvalue weighted by molar-refractivity contribution is -0.174. The van der Waals surface area contributed by atoms with Crippen molar-refractivity contribution in [2.24, 2.45) is 11.8 Å². The van der Waals surface area contributed by atoms with Crippen molar-refractivity contribution in [3.05, 3.63) is 118 Å². The maximum absolute atomic E-state index is 14.6. The van der Waals surface area contributed by atoms with E-state index in [2.05, 4.69) is 31.0 Å². The van der Waals surface area contributed by atoms with E-state index in [1.807, 2.05) is 69.4 Å². The molecule has 1 heterocycles. The monoisotopic (exact) mass is 959 g/mol. The van der Waals surface area contributed by atoms with E-state index < -0.39 is 34.6 Å². The first kappa shape index (κ1) is 50.6. The minimum absolute atomic E-state index is 0.0358. The highest BCUT2D eigenvalue weighted by Gasteiger charge is 2.60. The van der Waals surface area contributed by atoms with Gasteiger partial charge in [-0.3, -0.25) is 14.7 Å². The molecule has 3 aromatic carbocycles. The van der Waals surface area contributed by atoms with Crippen molar-refractivity contribution >= 4 is 35.3 Å². The number of hydrogen-bond acceptors (Lipinski definition) is 8. The van der Waals surface area contributed by atoms with Gasteiger partial charge in [0.15, 0.2) is 0 Å². The summed E-state index contributed by atoms with van der Waals surface area (Å²) in [5, 5.41) is 0.123. The molecular weight excluding hydrogens is 895 g/mol. The number of benzene rings is 3. The summed E-state index contributed by atoms with van der Waals surface area (Å²) in [7, 11) is 1.14. The van der Waals surface area contributed by atoms with Gasteiger partial charge in [0.25, 0.3) is 0 Å². The molecular formula is C54H65ClF3N3O7. The average molecular weight is 961 g/mol. The van der Waals surface area contributed by atoms with Crippen LogP contribution in [0, 0.1) is 11.8 Å². The molecule has 68 heavy (non-hydrogen) atoms. The van der Waals surface area contributed by atoms with Gasteiger partial charge in [0.05, 0.1) is 20.3 Å². The van der Waals surface area contributed by atoms with Crippen LogP contribution in [0.2, 0.25) is 5.02 Å². The van der Waals surface area contributed by atoms with Crippen molar-refractivity contribution in [2.75, 3.05) is 31.8 Å². The van der Waals surface area contributed by atoms with Crippen LogP contribution in [-0.2, 0) is 43.9 Å². The average Bonchev–Trinajstić information content (AvgIpc) is 3.58. The Hall–Kier alpha value is -5.30. The number of halogens is 4. The second-order valence-corrected chi connectivity index (χ2v) is 20.5. The van der Waals surface area contributed by atoms with Crippen molar-refractivity contribution in [3.8, 4) is 11.5 Å². The second kappa shape index (κ2) is 21.1. The number of esters is 1. The van der Waals surface area contributed by atoms with Crippen LogP contribution >= 0.6 is 11.6 Å². The van der Waals surface area contributed by atoms with Crippen LogP contribution in [0.15, 0.2) is 85.1 Å². The zero-order valence-electron chi connectivity index (χ0n) is 40.1. The Balaban J connectivity index is 1.13. The lowest BCUT2D eigenvalue weighted by Crippen LogP contribution is -2.63. The van der Waals surface area contributed by atoms with Crippen LogP contribution in [0.4, 0.5) is 23.7 Å². The van der Waals surface area contributed by atoms with E-state index in [1.54, 1.807) is 4.90 Å². The number of carbonyl (C=O) groups is 3. The minimum atomic E-state index is -5.29. The van der Waals surface area contributed by atoms with Gasteiger partial charge in [0.2, 0.25) is 0 Å². The van der Waals surface area contributed by atoms with Gasteiger partial charge in [-0.15, -0.1) is 0 Å². The Morgan fingerprint density at radius 2 is 1.68 bits per heavy atom. The van der Waals surface area contributed by atoms with E-state index in [0.29, 0.717) is 75.0 Å². The van der Waals surface area contributed by atoms with Crippen molar-refractivity contribution < 1.29 is 46.5 Å². The molecule has 0 radical (unpaired) electrons. The molecule has 366 valence electrons. The molecule has 0 bridgehead atoms. The largest absolute Gasteiger partial charge is 0.494 e. The quantitative estimate of drug-likeness (QED) is 0.0807. The van der Waals surface area contributed by atoms with Crippen LogP contribution in [0.5, 0.6) is 11.5 Å². The van der Waals surface area contributed by atoms with Crippen LogP contribution in [0.25, 0.3) is 0 Å². The maximum atomic E-state index is 14.6. The van der Waals surface area contributed by atoms with Crippen LogP contribution in [-0.4, -0.2) is 72.0 Å². The fourth-order valence-corrected chi connectivity index (χ4v) is 11.1. The number of fused-ring (bicyclic) bond motifs is 3. The first-order valence-electron chi connectivity index (χ1n) is 24.0. The summed E-state index contributed by atoms with van der Waals surface area (Å²) in [5.41, 5.74) is 2.13. The zero-order chi connectivity index (χ0) is 48.9. The summed E-state index contributed by atoms with van der Waals surface area (Å²) in [6, 6.07) is 23.4. The molecule has 3 aliphatic carbocycles. The molecule has 10 nitrogen and oxygen atoms in total. The van der Waals surface area contributed by atoms with Crippen LogP contribution < -0.4 is 14.4 Å². The lowest BCUT2D eigenvalue weighted by atomic mass is 9.59. The number of anilines is 1. The molecule has 1 aromatic heterocycles. The normalized spacial score (nSPS) is 21.6. The summed E-state index contributed by atoms with van der Waals surface area (Å²) < 4.78 is 67.7. The fourth-order valence-electron chi connectivity index (χ4n) is 10.9. The molecule has 14 heteroatoms. The molecule has 0 N–H and O–H groups in total. The number of amides is 2. The Labute approximate surface area is 403 Å². The standard InChI is InChI=1S/C54H65ClF3N3O7/c1-36(35-67-46-22-27-59-45-19-12-14-37(2)47(45)46)30-40-31-39-20-21-43(66-29-11-10-28-60(50(64)68-51(3,4)5)34-38-15-8-7-9-16-38)33-44(39)52(40)23-25-53(26-24-52,49(63)65-6)61(48(62)54(56,57)58)42-18-13-17-41(55)32-42/h7-9,13,15-18,20-22,27,32-33,36-37,40H,10-12,14,19,23-26,28-31,34-35H2,1-6H3/t36-,37-,40+,52?,53?/m1/s1. The highest BCUT2D eigenvalue weighted by Crippen LogP contribution is 2.58. The number of methoxy groups -OCH3 is 1. The molecule has 3 atom stereocenters. The summed E-state index contributed by atoms with van der Waals surface area (Å²) >= 11 is 6.30. The Bertz CT molecular complexity index is 2400. The number of carbonyl (C=O) groups excluding carboxylic acids is 3. The van der Waals surface area contributed by atoms with Gasteiger partial charge in [0, 0.05) is 41.3 Å². The van der Waals surface area contributed by atoms with Gasteiger partial charge in [-0.05, 0) is 168 Å². The summed E-state index contributed by atoms with van der Waals surface area (Å²) in [6.07, 6.45) is 2.47. The number of aromatic nitrogens is 1. The second-order valence-electron chi connectivity index (χ2n) is 20.1. The zero-order valence-corrected chi connectivity index (χ0v) is 40.9. The SMILES string of the molecule is COC(=O)C1(N(C(=O)C(F)(F)F)c2cccc(Cl)c2)CCC2(CC1)c1cc(OCCCCN(Cc3ccccc3)C(=O)OC(C)(C)C)ccc1C[C@@H]2C[C@@H](C)COc1ccnc2c1[C@H](C)CCC2. The lowest BCUT2D eigenvalue weighted by Gasteiger charge is -2.51. The third kappa shape index (κ3) is 11.4. The number of ether oxygens (including phenoxy) is 4. The van der Waals surface area contributed by atoms with Gasteiger partial charge >= 0.3 is 24.1 Å². The predicted octanol–water partition coefficient (Wildman–Crippen LogP) is 12.4. The highest BCUT2D eigenvalue weighted by atomic mass is 35.5. The topological polar surface area (TPSA) is 108 Å². The number of nitrogens with zero attached hydrogens (tertiary/aromatic N) is 3. The minimum Gasteiger partial charge on any atom is -0.494 e. The van der Waals surface area contributed by atoms with E-state index in [1.165, 1.54) is 29.8 Å². The number of unbranched alkanes of at least 4 members (excludes halogenated alkanes) is 1. The number of rotatable bonds is 16. The van der Waals surface area contributed by atoms with Crippen molar-refractivity contribution in [2.45, 2.75) is 140 Å². The molecule has 1 saturated carbocycles. The number of pyridine rings is 1. The van der Waals surface area contributed by atoms with Crippen LogP contribution in [0.3, 0.4) is 0 Å². The number of hydrogen-bond donors (Lipinski definition) is 0. The molecule has 1 spiro atoms. The third-order valence-electron chi connectivity index (χ3n) is 14.1. The highest BCUT2D eigenvalue weighted by molar-refractivity contribution is 6.31. The van der Waals surface area contributed by atoms with Crippen molar-refractivity contribution in [1.82, 2.24) is 9.88 Å². The first-order valence-corrected chi connectivity index (χ1v) is 24.4. The summed E-state index contributed by atoms with van der Waals surface area (Å²) in [4.78, 5) is 47.7. The Kier molecular flexibility index (Phi) is 15.7. The van der Waals surface area contributed by atoms with Crippen LogP contribution in [0.1, 0.15) is 126 Å². The number of alkyl halides is 3. The van der Waals surface area contributed by atoms with E-state index >= 15 is 0 Å². The summed E-state index contributed by atoms with van der Waals surface area (Å²) in [6.45, 7) is 11.7. The van der Waals surface area contributed by atoms with Gasteiger partial charge in [0.1, 0.15) is 22.6 Å². The van der Waals surface area contributed by atoms with E-state index in [4.69, 9.17) is 30.5 Å². The molecule has 3 aliphatic rings. The van der Waals surface area contributed by atoms with Gasteiger partial charge in [-0.2, -0.15) is 13.2 Å². The van der Waals surface area contributed by atoms with E-state index in [-0.39, 0.29) is 41.5 Å². The van der Waals surface area contributed by atoms with Gasteiger partial charge in [-0.1, -0.05) is 67.9 Å². The van der Waals surface area contributed by atoms with E-state index in [0.717, 1.165) is 60.9 Å². The smallest absolute Gasteiger partial charge is 0.471 e. The Morgan fingerprint density at radius 1 is 0.926 bits per heavy atom. The molecule has 1 fully saturated rings. The Morgan fingerprint density at radius 3 is 2.37 bits per heavy atom. The molecule has 2 amide bonds. The van der Waals surface area contributed by atoms with Gasteiger partial charge in [-0.25, -0.2) is 9.59 Å². The molecule has 0 saturated heterocycles. The van der Waals surface area contributed by atoms with Crippen molar-refractivity contribution in [1.29, 1.82) is 0 Å². The molecule has 0 aliphatic heterocycles. The fraction of sp³-hybridized carbons (Fsp3) is 0.519. The summed E-state index contributed by atoms with van der Waals surface area (Å²) in [5.74, 6) is -1.08. The third-order valence-corrected chi connectivity index (χ3v) is 14.3. The molecule has 7 rings (SSSR count). The van der Waals surface area contributed by atoms with Gasteiger partial charge < -0.3 is 23.8 Å². The van der Waals surface area contributed by atoms with E-state index in [9.17, 15) is 27.6 Å². The molecule has 0 unspecified atom stereocenters.